The van der Waals surface area contributed by atoms with Gasteiger partial charge in [-0.15, -0.1) is 0 Å². The number of nitrogens with one attached hydrogen (secondary N) is 1. The molecule has 0 radical (unpaired) electrons. The summed E-state index contributed by atoms with van der Waals surface area (Å²) in [7, 11) is 1.73. The number of hydrazone groups is 1. The zero-order valence-electron chi connectivity index (χ0n) is 6.79. The standard InChI is InChI=1S/C6H11N3OS/c1-4-5(10)9(2)6(11-3)8-7-4/h4,7H,1-3H3. The Morgan fingerprint density at radius 2 is 2.36 bits per heavy atom. The molecule has 0 aliphatic carbocycles. The number of hydrogen-bond donors (Lipinski definition) is 1. The summed E-state index contributed by atoms with van der Waals surface area (Å²) < 4.78 is 0. The molecule has 1 N–H and O–H groups in total. The Hall–Kier alpha value is -0.710. The molecule has 5 heteroatoms. The van der Waals surface area contributed by atoms with Crippen LogP contribution in [0, 0.1) is 0 Å². The number of carbonyl (C=O) groups is 1. The van der Waals surface area contributed by atoms with Crippen molar-refractivity contribution >= 4 is 22.8 Å². The Kier molecular flexibility index (Phi) is 2.38. The van der Waals surface area contributed by atoms with Gasteiger partial charge >= 0.3 is 0 Å². The van der Waals surface area contributed by atoms with Crippen molar-refractivity contribution in [3.63, 3.8) is 0 Å². The first-order valence-corrected chi connectivity index (χ1v) is 4.54. The van der Waals surface area contributed by atoms with Crippen LogP contribution in [-0.4, -0.2) is 35.3 Å². The monoisotopic (exact) mass is 173 g/mol. The third-order valence-electron chi connectivity index (χ3n) is 1.52. The molecule has 0 aromatic carbocycles. The molecule has 0 aromatic rings. The lowest BCUT2D eigenvalue weighted by Crippen LogP contribution is -2.48. The molecule has 1 rings (SSSR count). The molecule has 0 saturated heterocycles. The van der Waals surface area contributed by atoms with E-state index in [1.54, 1.807) is 18.9 Å². The highest BCUT2D eigenvalue weighted by molar-refractivity contribution is 8.13. The van der Waals surface area contributed by atoms with E-state index < -0.39 is 0 Å². The van der Waals surface area contributed by atoms with Crippen molar-refractivity contribution in [1.29, 1.82) is 0 Å². The molecule has 0 fully saturated rings. The van der Waals surface area contributed by atoms with Crippen LogP contribution in [0.4, 0.5) is 0 Å². The van der Waals surface area contributed by atoms with Crippen LogP contribution in [-0.2, 0) is 4.79 Å². The fourth-order valence-electron chi connectivity index (χ4n) is 0.850. The number of thioether (sulfide) groups is 1. The first-order chi connectivity index (χ1) is 5.16. The molecule has 0 aromatic heterocycles. The molecular weight excluding hydrogens is 162 g/mol. The molecule has 1 amide bonds. The third-order valence-corrected chi connectivity index (χ3v) is 2.25. The van der Waals surface area contributed by atoms with E-state index in [4.69, 9.17) is 0 Å². The molecule has 1 atom stereocenters. The maximum atomic E-state index is 11.3. The van der Waals surface area contributed by atoms with E-state index in [1.807, 2.05) is 6.26 Å². The topological polar surface area (TPSA) is 44.7 Å². The average molecular weight is 173 g/mol. The number of rotatable bonds is 0. The van der Waals surface area contributed by atoms with Gasteiger partial charge in [-0.25, -0.2) is 0 Å². The maximum Gasteiger partial charge on any atom is 0.252 e. The number of nitrogens with zero attached hydrogens (tertiary/aromatic N) is 2. The second kappa shape index (κ2) is 3.13. The van der Waals surface area contributed by atoms with Crippen molar-refractivity contribution in [3.8, 4) is 0 Å². The van der Waals surface area contributed by atoms with Crippen LogP contribution in [0.1, 0.15) is 6.92 Å². The first-order valence-electron chi connectivity index (χ1n) is 3.31. The van der Waals surface area contributed by atoms with Crippen LogP contribution in [0.3, 0.4) is 0 Å². The minimum Gasteiger partial charge on any atom is -0.295 e. The van der Waals surface area contributed by atoms with Gasteiger partial charge in [0.1, 0.15) is 6.04 Å². The first kappa shape index (κ1) is 8.39. The quantitative estimate of drug-likeness (QED) is 0.564. The molecule has 1 aliphatic heterocycles. The molecule has 11 heavy (non-hydrogen) atoms. The number of carbonyl (C=O) groups excluding carboxylic acids is 1. The minimum absolute atomic E-state index is 0.0596. The largest absolute Gasteiger partial charge is 0.295 e. The van der Waals surface area contributed by atoms with E-state index in [1.165, 1.54) is 11.8 Å². The van der Waals surface area contributed by atoms with Gasteiger partial charge in [-0.3, -0.25) is 15.1 Å². The van der Waals surface area contributed by atoms with Crippen molar-refractivity contribution in [2.75, 3.05) is 13.3 Å². The van der Waals surface area contributed by atoms with Gasteiger partial charge in [0.2, 0.25) is 0 Å². The Bertz CT molecular complexity index is 204. The van der Waals surface area contributed by atoms with Crippen molar-refractivity contribution in [1.82, 2.24) is 10.3 Å². The van der Waals surface area contributed by atoms with Crippen LogP contribution in [0.15, 0.2) is 5.10 Å². The molecule has 0 bridgehead atoms. The predicted octanol–water partition coefficient (Wildman–Crippen LogP) is 0.0705. The van der Waals surface area contributed by atoms with Crippen LogP contribution in [0.2, 0.25) is 0 Å². The summed E-state index contributed by atoms with van der Waals surface area (Å²) in [6.07, 6.45) is 1.89. The van der Waals surface area contributed by atoms with Gasteiger partial charge in [-0.05, 0) is 13.2 Å². The Labute approximate surface area is 70.0 Å². The zero-order valence-corrected chi connectivity index (χ0v) is 7.60. The number of likely N-dealkylation sites (N-methyl/N-ethyl adjacent to an activating group) is 1. The highest BCUT2D eigenvalue weighted by atomic mass is 32.2. The molecule has 0 saturated carbocycles. The van der Waals surface area contributed by atoms with E-state index in [-0.39, 0.29) is 11.9 Å². The number of amidine groups is 1. The van der Waals surface area contributed by atoms with Gasteiger partial charge in [0.15, 0.2) is 5.17 Å². The van der Waals surface area contributed by atoms with Gasteiger partial charge in [0.25, 0.3) is 5.91 Å². The zero-order chi connectivity index (χ0) is 8.43. The average Bonchev–Trinajstić information content (AvgIpc) is 2.01. The lowest BCUT2D eigenvalue weighted by molar-refractivity contribution is -0.128. The maximum absolute atomic E-state index is 11.3. The van der Waals surface area contributed by atoms with E-state index in [9.17, 15) is 4.79 Å². The van der Waals surface area contributed by atoms with Gasteiger partial charge in [0.05, 0.1) is 0 Å². The second-order valence-corrected chi connectivity index (χ2v) is 3.12. The fourth-order valence-corrected chi connectivity index (χ4v) is 1.36. The van der Waals surface area contributed by atoms with Crippen molar-refractivity contribution in [2.45, 2.75) is 13.0 Å². The minimum atomic E-state index is -0.198. The Morgan fingerprint density at radius 3 is 2.91 bits per heavy atom. The van der Waals surface area contributed by atoms with Gasteiger partial charge < -0.3 is 0 Å². The summed E-state index contributed by atoms with van der Waals surface area (Å²) in [6.45, 7) is 1.79. The fraction of sp³-hybridized carbons (Fsp3) is 0.667. The van der Waals surface area contributed by atoms with Gasteiger partial charge in [-0.2, -0.15) is 5.10 Å². The summed E-state index contributed by atoms with van der Waals surface area (Å²) in [6, 6.07) is -0.198. The molecule has 1 aliphatic rings. The molecule has 1 heterocycles. The smallest absolute Gasteiger partial charge is 0.252 e. The van der Waals surface area contributed by atoms with Crippen LogP contribution >= 0.6 is 11.8 Å². The lowest BCUT2D eigenvalue weighted by Gasteiger charge is -2.26. The Balaban J connectivity index is 2.79. The summed E-state index contributed by atoms with van der Waals surface area (Å²) in [5.41, 5.74) is 2.74. The molecule has 1 unspecified atom stereocenters. The molecular formula is C6H11N3OS. The van der Waals surface area contributed by atoms with E-state index >= 15 is 0 Å². The second-order valence-electron chi connectivity index (χ2n) is 2.35. The third kappa shape index (κ3) is 1.48. The van der Waals surface area contributed by atoms with E-state index in [0.717, 1.165) is 0 Å². The molecule has 4 nitrogen and oxygen atoms in total. The number of amides is 1. The summed E-state index contributed by atoms with van der Waals surface area (Å²) in [4.78, 5) is 12.8. The van der Waals surface area contributed by atoms with Gasteiger partial charge in [-0.1, -0.05) is 11.8 Å². The van der Waals surface area contributed by atoms with Crippen LogP contribution < -0.4 is 5.43 Å². The molecule has 0 spiro atoms. The highest BCUT2D eigenvalue weighted by Crippen LogP contribution is 2.08. The number of hydrogen-bond acceptors (Lipinski definition) is 4. The van der Waals surface area contributed by atoms with Crippen molar-refractivity contribution < 1.29 is 4.79 Å². The SMILES string of the molecule is CSC1=NNC(C)C(=O)N1C. The molecule has 62 valence electrons. The highest BCUT2D eigenvalue weighted by Gasteiger charge is 2.24. The summed E-state index contributed by atoms with van der Waals surface area (Å²) in [5, 5.41) is 4.71. The van der Waals surface area contributed by atoms with Gasteiger partial charge in [0, 0.05) is 7.05 Å². The van der Waals surface area contributed by atoms with Crippen molar-refractivity contribution in [3.05, 3.63) is 0 Å². The van der Waals surface area contributed by atoms with E-state index in [0.29, 0.717) is 5.17 Å². The predicted molar refractivity (Wildman–Crippen MR) is 46.3 cm³/mol. The van der Waals surface area contributed by atoms with E-state index in [2.05, 4.69) is 10.5 Å². The van der Waals surface area contributed by atoms with Crippen LogP contribution in [0.25, 0.3) is 0 Å². The normalized spacial score (nSPS) is 24.6. The summed E-state index contributed by atoms with van der Waals surface area (Å²) in [5.74, 6) is 0.0596. The lowest BCUT2D eigenvalue weighted by atomic mass is 10.3. The van der Waals surface area contributed by atoms with Crippen molar-refractivity contribution in [2.24, 2.45) is 5.10 Å². The Morgan fingerprint density at radius 1 is 1.73 bits per heavy atom. The van der Waals surface area contributed by atoms with Crippen LogP contribution in [0.5, 0.6) is 0 Å². The summed E-state index contributed by atoms with van der Waals surface area (Å²) >= 11 is 1.45.